The van der Waals surface area contributed by atoms with Crippen LogP contribution in [-0.2, 0) is 17.8 Å². The van der Waals surface area contributed by atoms with Gasteiger partial charge in [0.15, 0.2) is 0 Å². The van der Waals surface area contributed by atoms with E-state index in [1.165, 1.54) is 5.56 Å². The van der Waals surface area contributed by atoms with Crippen molar-refractivity contribution in [3.05, 3.63) is 65.7 Å². The molecule has 0 spiro atoms. The van der Waals surface area contributed by atoms with Crippen LogP contribution in [0.1, 0.15) is 11.1 Å². The Morgan fingerprint density at radius 3 is 2.16 bits per heavy atom. The number of benzene rings is 2. The van der Waals surface area contributed by atoms with Crippen LogP contribution in [0.25, 0.3) is 0 Å². The van der Waals surface area contributed by atoms with Crippen molar-refractivity contribution in [1.29, 1.82) is 0 Å². The summed E-state index contributed by atoms with van der Waals surface area (Å²) < 4.78 is 5.60. The van der Waals surface area contributed by atoms with Crippen LogP contribution < -0.4 is 5.46 Å². The van der Waals surface area contributed by atoms with E-state index in [1.54, 1.807) is 12.1 Å². The number of rotatable bonds is 6. The summed E-state index contributed by atoms with van der Waals surface area (Å²) in [5.41, 5.74) is 2.80. The highest BCUT2D eigenvalue weighted by molar-refractivity contribution is 6.58. The molecule has 0 fully saturated rings. The second-order valence-electron chi connectivity index (χ2n) is 4.40. The molecular weight excluding hydrogens is 239 g/mol. The molecular formula is C15H17BO3. The Balaban J connectivity index is 1.74. The Hall–Kier alpha value is -1.62. The highest BCUT2D eigenvalue weighted by Gasteiger charge is 2.09. The van der Waals surface area contributed by atoms with Gasteiger partial charge in [0.2, 0.25) is 0 Å². The van der Waals surface area contributed by atoms with E-state index in [4.69, 9.17) is 14.8 Å². The number of hydrogen-bond donors (Lipinski definition) is 2. The summed E-state index contributed by atoms with van der Waals surface area (Å²) in [6.07, 6.45) is 0.814. The average Bonchev–Trinajstić information content (AvgIpc) is 2.45. The van der Waals surface area contributed by atoms with Crippen molar-refractivity contribution in [2.75, 3.05) is 6.61 Å². The highest BCUT2D eigenvalue weighted by Crippen LogP contribution is 2.03. The Bertz CT molecular complexity index is 483. The molecule has 0 amide bonds. The SMILES string of the molecule is OB(O)c1ccc(CCOCc2ccccc2)cc1. The maximum absolute atomic E-state index is 8.99. The summed E-state index contributed by atoms with van der Waals surface area (Å²) in [6, 6.07) is 17.3. The molecule has 0 saturated carbocycles. The molecule has 0 aliphatic heterocycles. The maximum Gasteiger partial charge on any atom is 0.488 e. The van der Waals surface area contributed by atoms with Crippen LogP contribution >= 0.6 is 0 Å². The molecule has 0 aliphatic carbocycles. The first-order valence-corrected chi connectivity index (χ1v) is 6.32. The topological polar surface area (TPSA) is 49.7 Å². The standard InChI is InChI=1S/C15H17BO3/c17-16(18)15-8-6-13(7-9-15)10-11-19-12-14-4-2-1-3-5-14/h1-9,17-18H,10-12H2. The fraction of sp³-hybridized carbons (Fsp3) is 0.200. The van der Waals surface area contributed by atoms with Gasteiger partial charge in [0.1, 0.15) is 0 Å². The molecule has 98 valence electrons. The summed E-state index contributed by atoms with van der Waals surface area (Å²) in [5, 5.41) is 18.0. The van der Waals surface area contributed by atoms with Crippen molar-refractivity contribution in [3.63, 3.8) is 0 Å². The molecule has 19 heavy (non-hydrogen) atoms. The molecule has 0 heterocycles. The summed E-state index contributed by atoms with van der Waals surface area (Å²) in [7, 11) is -1.40. The second kappa shape index (κ2) is 7.09. The highest BCUT2D eigenvalue weighted by atomic mass is 16.5. The molecule has 0 atom stereocenters. The van der Waals surface area contributed by atoms with Crippen LogP contribution in [0.15, 0.2) is 54.6 Å². The van der Waals surface area contributed by atoms with Gasteiger partial charge in [0.25, 0.3) is 0 Å². The van der Waals surface area contributed by atoms with E-state index in [0.29, 0.717) is 18.7 Å². The molecule has 0 bridgehead atoms. The van der Waals surface area contributed by atoms with Crippen molar-refractivity contribution in [2.45, 2.75) is 13.0 Å². The molecule has 2 aromatic carbocycles. The quantitative estimate of drug-likeness (QED) is 0.601. The summed E-state index contributed by atoms with van der Waals surface area (Å²) in [6.45, 7) is 1.27. The fourth-order valence-corrected chi connectivity index (χ4v) is 1.81. The van der Waals surface area contributed by atoms with Gasteiger partial charge in [0.05, 0.1) is 13.2 Å². The molecule has 3 nitrogen and oxygen atoms in total. The zero-order valence-electron chi connectivity index (χ0n) is 10.7. The van der Waals surface area contributed by atoms with E-state index in [2.05, 4.69) is 0 Å². The van der Waals surface area contributed by atoms with Gasteiger partial charge in [-0.3, -0.25) is 0 Å². The monoisotopic (exact) mass is 256 g/mol. The number of ether oxygens (including phenoxy) is 1. The smallest absolute Gasteiger partial charge is 0.423 e. The third kappa shape index (κ3) is 4.52. The van der Waals surface area contributed by atoms with Gasteiger partial charge >= 0.3 is 7.12 Å². The first-order valence-electron chi connectivity index (χ1n) is 6.32. The maximum atomic E-state index is 8.99. The first kappa shape index (κ1) is 13.8. The Labute approximate surface area is 113 Å². The van der Waals surface area contributed by atoms with E-state index >= 15 is 0 Å². The molecule has 2 N–H and O–H groups in total. The first-order chi connectivity index (χ1) is 9.25. The predicted molar refractivity (Wildman–Crippen MR) is 76.1 cm³/mol. The van der Waals surface area contributed by atoms with Crippen molar-refractivity contribution in [2.24, 2.45) is 0 Å². The minimum atomic E-state index is -1.40. The summed E-state index contributed by atoms with van der Waals surface area (Å²) >= 11 is 0. The van der Waals surface area contributed by atoms with E-state index in [0.717, 1.165) is 12.0 Å². The lowest BCUT2D eigenvalue weighted by Gasteiger charge is -2.05. The third-order valence-corrected chi connectivity index (χ3v) is 2.92. The minimum Gasteiger partial charge on any atom is -0.423 e. The van der Waals surface area contributed by atoms with Crippen LogP contribution in [-0.4, -0.2) is 23.8 Å². The molecule has 0 saturated heterocycles. The number of hydrogen-bond acceptors (Lipinski definition) is 3. The Morgan fingerprint density at radius 2 is 1.53 bits per heavy atom. The lowest BCUT2D eigenvalue weighted by molar-refractivity contribution is 0.124. The van der Waals surface area contributed by atoms with Crippen molar-refractivity contribution in [1.82, 2.24) is 0 Å². The lowest BCUT2D eigenvalue weighted by atomic mass is 9.80. The Kier molecular flexibility index (Phi) is 5.15. The third-order valence-electron chi connectivity index (χ3n) is 2.92. The molecule has 4 heteroatoms. The zero-order valence-corrected chi connectivity index (χ0v) is 10.7. The largest absolute Gasteiger partial charge is 0.488 e. The molecule has 0 radical (unpaired) electrons. The van der Waals surface area contributed by atoms with Crippen molar-refractivity contribution >= 4 is 12.6 Å². The molecule has 0 aliphatic rings. The van der Waals surface area contributed by atoms with Crippen LogP contribution in [0.4, 0.5) is 0 Å². The van der Waals surface area contributed by atoms with Crippen LogP contribution in [0.5, 0.6) is 0 Å². The van der Waals surface area contributed by atoms with Crippen molar-refractivity contribution < 1.29 is 14.8 Å². The summed E-state index contributed by atoms with van der Waals surface area (Å²) in [4.78, 5) is 0. The van der Waals surface area contributed by atoms with Gasteiger partial charge < -0.3 is 14.8 Å². The lowest BCUT2D eigenvalue weighted by Crippen LogP contribution is -2.29. The van der Waals surface area contributed by atoms with E-state index < -0.39 is 7.12 Å². The molecule has 2 aromatic rings. The van der Waals surface area contributed by atoms with Gasteiger partial charge in [-0.1, -0.05) is 54.6 Å². The Morgan fingerprint density at radius 1 is 0.842 bits per heavy atom. The van der Waals surface area contributed by atoms with E-state index in [9.17, 15) is 0 Å². The van der Waals surface area contributed by atoms with Crippen LogP contribution in [0, 0.1) is 0 Å². The van der Waals surface area contributed by atoms with Crippen LogP contribution in [0.3, 0.4) is 0 Å². The predicted octanol–water partition coefficient (Wildman–Crippen LogP) is 1.13. The normalized spacial score (nSPS) is 10.4. The average molecular weight is 256 g/mol. The van der Waals surface area contributed by atoms with Gasteiger partial charge in [-0.05, 0) is 23.0 Å². The minimum absolute atomic E-state index is 0.508. The van der Waals surface area contributed by atoms with Gasteiger partial charge in [0, 0.05) is 0 Å². The molecule has 0 unspecified atom stereocenters. The molecule has 2 rings (SSSR count). The fourth-order valence-electron chi connectivity index (χ4n) is 1.81. The van der Waals surface area contributed by atoms with Gasteiger partial charge in [-0.2, -0.15) is 0 Å². The van der Waals surface area contributed by atoms with E-state index in [1.807, 2.05) is 42.5 Å². The zero-order chi connectivity index (χ0) is 13.5. The van der Waals surface area contributed by atoms with Gasteiger partial charge in [-0.25, -0.2) is 0 Å². The van der Waals surface area contributed by atoms with E-state index in [-0.39, 0.29) is 0 Å². The molecule has 0 aromatic heterocycles. The van der Waals surface area contributed by atoms with Gasteiger partial charge in [-0.15, -0.1) is 0 Å². The van der Waals surface area contributed by atoms with Crippen molar-refractivity contribution in [3.8, 4) is 0 Å². The van der Waals surface area contributed by atoms with Crippen LogP contribution in [0.2, 0.25) is 0 Å². The second-order valence-corrected chi connectivity index (χ2v) is 4.40. The summed E-state index contributed by atoms with van der Waals surface area (Å²) in [5.74, 6) is 0.